The second kappa shape index (κ2) is 1.82. The van der Waals surface area contributed by atoms with Gasteiger partial charge in [-0.3, -0.25) is 4.79 Å². The van der Waals surface area contributed by atoms with Gasteiger partial charge in [-0.2, -0.15) is 0 Å². The van der Waals surface area contributed by atoms with E-state index < -0.39 is 6.10 Å². The lowest BCUT2D eigenvalue weighted by atomic mass is 10.3. The van der Waals surface area contributed by atoms with Crippen molar-refractivity contribution in [3.05, 3.63) is 6.92 Å². The van der Waals surface area contributed by atoms with Crippen LogP contribution in [0, 0.1) is 6.92 Å². The zero-order valence-electron chi connectivity index (χ0n) is 3.64. The van der Waals surface area contributed by atoms with Crippen LogP contribution in [0.25, 0.3) is 0 Å². The molecule has 0 aliphatic carbocycles. The number of hydrogen-bond acceptors (Lipinski definition) is 2. The Bertz CT molecular complexity index is 56.6. The Morgan fingerprint density at radius 3 is 2.17 bits per heavy atom. The van der Waals surface area contributed by atoms with Crippen molar-refractivity contribution in [2.45, 2.75) is 13.0 Å². The third-order valence-electron chi connectivity index (χ3n) is 0.469. The standard InChI is InChI=1S/C4H7O2/c1-3(5)4(2)6/h3,5H,1H2,2H3/q+1. The highest BCUT2D eigenvalue weighted by molar-refractivity contribution is 5.80. The lowest BCUT2D eigenvalue weighted by molar-refractivity contribution is -0.122. The van der Waals surface area contributed by atoms with Gasteiger partial charge in [0.1, 0.15) is 0 Å². The van der Waals surface area contributed by atoms with Crippen molar-refractivity contribution in [2.75, 3.05) is 0 Å². The van der Waals surface area contributed by atoms with Crippen LogP contribution >= 0.6 is 0 Å². The number of Topliss-reactive ketones (excluding diaryl/α,β-unsaturated/α-hetero) is 1. The van der Waals surface area contributed by atoms with E-state index in [0.717, 1.165) is 0 Å². The average Bonchev–Trinajstić information content (AvgIpc) is 1.36. The lowest BCUT2D eigenvalue weighted by Gasteiger charge is -1.82. The summed E-state index contributed by atoms with van der Waals surface area (Å²) in [5, 5.41) is 8.17. The smallest absolute Gasteiger partial charge is 0.251 e. The molecule has 0 saturated carbocycles. The van der Waals surface area contributed by atoms with Crippen molar-refractivity contribution in [1.29, 1.82) is 0 Å². The minimum atomic E-state index is -1.04. The van der Waals surface area contributed by atoms with Gasteiger partial charge in [0.2, 0.25) is 5.78 Å². The summed E-state index contributed by atoms with van der Waals surface area (Å²) < 4.78 is 0. The summed E-state index contributed by atoms with van der Waals surface area (Å²) in [6, 6.07) is 0. The number of rotatable bonds is 1. The predicted molar refractivity (Wildman–Crippen MR) is 22.0 cm³/mol. The zero-order valence-corrected chi connectivity index (χ0v) is 3.64. The molecule has 0 fully saturated rings. The molecule has 0 saturated heterocycles. The first kappa shape index (κ1) is 5.50. The minimum Gasteiger partial charge on any atom is -0.348 e. The number of aliphatic hydroxyl groups is 1. The molecule has 0 spiro atoms. The molecular formula is C4H7O2+. The Balaban J connectivity index is 3.26. The summed E-state index contributed by atoms with van der Waals surface area (Å²) in [5.41, 5.74) is 0. The van der Waals surface area contributed by atoms with E-state index in [0.29, 0.717) is 0 Å². The first-order valence-electron chi connectivity index (χ1n) is 1.66. The number of aliphatic hydroxyl groups excluding tert-OH is 1. The van der Waals surface area contributed by atoms with Gasteiger partial charge in [0.05, 0.1) is 6.92 Å². The second-order valence-electron chi connectivity index (χ2n) is 1.13. The highest BCUT2D eigenvalue weighted by Gasteiger charge is 2.05. The summed E-state index contributed by atoms with van der Waals surface area (Å²) in [5.74, 6) is -0.296. The van der Waals surface area contributed by atoms with Gasteiger partial charge in [-0.05, 0) is 0 Å². The van der Waals surface area contributed by atoms with Crippen molar-refractivity contribution in [3.8, 4) is 0 Å². The van der Waals surface area contributed by atoms with Crippen LogP contribution in [0.4, 0.5) is 0 Å². The average molecular weight is 87.1 g/mol. The summed E-state index contributed by atoms with van der Waals surface area (Å²) in [6.07, 6.45) is -1.04. The van der Waals surface area contributed by atoms with Crippen LogP contribution in [0.2, 0.25) is 0 Å². The minimum absolute atomic E-state index is 0.296. The van der Waals surface area contributed by atoms with Gasteiger partial charge in [-0.25, -0.2) is 0 Å². The molecule has 0 amide bonds. The Morgan fingerprint density at radius 1 is 2.00 bits per heavy atom. The lowest BCUT2D eigenvalue weighted by Crippen LogP contribution is -2.10. The molecule has 1 N–H and O–H groups in total. The van der Waals surface area contributed by atoms with E-state index in [9.17, 15) is 4.79 Å². The quantitative estimate of drug-likeness (QED) is 0.448. The Hall–Kier alpha value is -0.500. The van der Waals surface area contributed by atoms with Crippen LogP contribution in [-0.4, -0.2) is 17.0 Å². The summed E-state index contributed by atoms with van der Waals surface area (Å²) in [4.78, 5) is 9.83. The molecule has 0 heterocycles. The fourth-order valence-electron chi connectivity index (χ4n) is 0. The van der Waals surface area contributed by atoms with E-state index in [4.69, 9.17) is 5.11 Å². The van der Waals surface area contributed by atoms with Gasteiger partial charge in [-0.1, -0.05) is 0 Å². The molecule has 2 heteroatoms. The van der Waals surface area contributed by atoms with Gasteiger partial charge in [0.25, 0.3) is 6.10 Å². The third-order valence-corrected chi connectivity index (χ3v) is 0.469. The molecular weight excluding hydrogens is 80.0 g/mol. The summed E-state index contributed by atoms with van der Waals surface area (Å²) >= 11 is 0. The van der Waals surface area contributed by atoms with Crippen LogP contribution in [0.15, 0.2) is 0 Å². The van der Waals surface area contributed by atoms with Crippen molar-refractivity contribution in [2.24, 2.45) is 0 Å². The normalized spacial score (nSPS) is 13.7. The molecule has 1 unspecified atom stereocenters. The fourth-order valence-corrected chi connectivity index (χ4v) is 0. The van der Waals surface area contributed by atoms with Crippen molar-refractivity contribution < 1.29 is 9.90 Å². The van der Waals surface area contributed by atoms with Crippen LogP contribution in [-0.2, 0) is 4.79 Å². The van der Waals surface area contributed by atoms with E-state index in [-0.39, 0.29) is 5.78 Å². The number of carbonyl (C=O) groups is 1. The number of hydrogen-bond donors (Lipinski definition) is 1. The second-order valence-corrected chi connectivity index (χ2v) is 1.13. The molecule has 0 rings (SSSR count). The van der Waals surface area contributed by atoms with Gasteiger partial charge in [0, 0.05) is 6.92 Å². The molecule has 1 atom stereocenters. The van der Waals surface area contributed by atoms with Gasteiger partial charge >= 0.3 is 0 Å². The van der Waals surface area contributed by atoms with Crippen molar-refractivity contribution >= 4 is 5.78 Å². The van der Waals surface area contributed by atoms with Gasteiger partial charge < -0.3 is 5.11 Å². The SMILES string of the molecule is [CH2+]C(O)C(C)=O. The van der Waals surface area contributed by atoms with Crippen LogP contribution in [0.1, 0.15) is 6.92 Å². The highest BCUT2D eigenvalue weighted by Crippen LogP contribution is 1.76. The monoisotopic (exact) mass is 87.0 g/mol. The zero-order chi connectivity index (χ0) is 5.15. The molecule has 0 aromatic carbocycles. The molecule has 0 aromatic heterocycles. The largest absolute Gasteiger partial charge is 0.348 e. The molecule has 34 valence electrons. The van der Waals surface area contributed by atoms with E-state index in [1.807, 2.05) is 0 Å². The van der Waals surface area contributed by atoms with E-state index in [1.54, 1.807) is 0 Å². The van der Waals surface area contributed by atoms with E-state index >= 15 is 0 Å². The molecule has 6 heavy (non-hydrogen) atoms. The predicted octanol–water partition coefficient (Wildman–Crippen LogP) is -0.230. The maximum atomic E-state index is 9.83. The topological polar surface area (TPSA) is 37.3 Å². The molecule has 0 bridgehead atoms. The van der Waals surface area contributed by atoms with Crippen molar-refractivity contribution in [3.63, 3.8) is 0 Å². The van der Waals surface area contributed by atoms with E-state index in [2.05, 4.69) is 6.92 Å². The van der Waals surface area contributed by atoms with Crippen LogP contribution < -0.4 is 0 Å². The highest BCUT2D eigenvalue weighted by atomic mass is 16.3. The van der Waals surface area contributed by atoms with Gasteiger partial charge in [0.15, 0.2) is 0 Å². The summed E-state index contributed by atoms with van der Waals surface area (Å²) in [7, 11) is 0. The van der Waals surface area contributed by atoms with Gasteiger partial charge in [-0.15, -0.1) is 0 Å². The van der Waals surface area contributed by atoms with E-state index in [1.165, 1.54) is 6.92 Å². The molecule has 0 aliphatic rings. The molecule has 0 aliphatic heterocycles. The van der Waals surface area contributed by atoms with Crippen LogP contribution in [0.3, 0.4) is 0 Å². The first-order chi connectivity index (χ1) is 2.64. The summed E-state index contributed by atoms with van der Waals surface area (Å²) in [6.45, 7) is 4.33. The third kappa shape index (κ3) is 1.79. The van der Waals surface area contributed by atoms with Crippen LogP contribution in [0.5, 0.6) is 0 Å². The Morgan fingerprint density at radius 2 is 2.17 bits per heavy atom. The maximum absolute atomic E-state index is 9.83. The molecule has 0 radical (unpaired) electrons. The first-order valence-corrected chi connectivity index (χ1v) is 1.66. The maximum Gasteiger partial charge on any atom is 0.251 e. The Labute approximate surface area is 36.8 Å². The number of ketones is 1. The fraction of sp³-hybridized carbons (Fsp3) is 0.500. The Kier molecular flexibility index (Phi) is 1.67. The number of carbonyl (C=O) groups excluding carboxylic acids is 1. The molecule has 2 nitrogen and oxygen atoms in total. The molecule has 0 aromatic rings. The van der Waals surface area contributed by atoms with Crippen molar-refractivity contribution in [1.82, 2.24) is 0 Å².